The van der Waals surface area contributed by atoms with E-state index in [1.54, 1.807) is 17.0 Å². The van der Waals surface area contributed by atoms with E-state index in [0.29, 0.717) is 18.1 Å². The number of carbonyl (C=O) groups is 1. The van der Waals surface area contributed by atoms with Crippen LogP contribution in [0.1, 0.15) is 10.6 Å². The third-order valence-electron chi connectivity index (χ3n) is 1.28. The molecule has 0 aliphatic heterocycles. The summed E-state index contributed by atoms with van der Waals surface area (Å²) in [6.07, 6.45) is 3.25. The highest BCUT2D eigenvalue weighted by Crippen LogP contribution is 1.96. The number of carbonyl (C=O) groups excluding carboxylic acids is 1. The molecule has 0 radical (unpaired) electrons. The second kappa shape index (κ2) is 3.43. The maximum Gasteiger partial charge on any atom is 0.284 e. The molecule has 1 aromatic rings. The fourth-order valence-corrected chi connectivity index (χ4v) is 1.04. The summed E-state index contributed by atoms with van der Waals surface area (Å²) in [7, 11) is 0. The summed E-state index contributed by atoms with van der Waals surface area (Å²) >= 11 is 4.02. The molecule has 0 fully saturated rings. The van der Waals surface area contributed by atoms with Crippen LogP contribution in [0.2, 0.25) is 0 Å². The van der Waals surface area contributed by atoms with Crippen molar-refractivity contribution >= 4 is 18.5 Å². The Morgan fingerprint density at radius 3 is 3.09 bits per heavy atom. The van der Waals surface area contributed by atoms with Gasteiger partial charge < -0.3 is 10.3 Å². The minimum absolute atomic E-state index is 0.291. The van der Waals surface area contributed by atoms with Gasteiger partial charge >= 0.3 is 0 Å². The quantitative estimate of drug-likeness (QED) is 0.624. The summed E-state index contributed by atoms with van der Waals surface area (Å²) in [6, 6.07) is 0. The lowest BCUT2D eigenvalue weighted by Crippen LogP contribution is -2.18. The summed E-state index contributed by atoms with van der Waals surface area (Å²) in [5, 5.41) is 0. The van der Waals surface area contributed by atoms with Crippen LogP contribution in [-0.4, -0.2) is 21.2 Å². The van der Waals surface area contributed by atoms with Crippen molar-refractivity contribution in [2.75, 3.05) is 5.75 Å². The van der Waals surface area contributed by atoms with Gasteiger partial charge in [-0.1, -0.05) is 0 Å². The third-order valence-corrected chi connectivity index (χ3v) is 1.48. The van der Waals surface area contributed by atoms with Crippen LogP contribution in [-0.2, 0) is 6.54 Å². The number of thiol groups is 1. The van der Waals surface area contributed by atoms with Crippen LogP contribution in [0.15, 0.2) is 12.4 Å². The molecule has 0 aliphatic carbocycles. The van der Waals surface area contributed by atoms with Crippen molar-refractivity contribution in [2.45, 2.75) is 6.54 Å². The van der Waals surface area contributed by atoms with Crippen molar-refractivity contribution in [3.05, 3.63) is 18.2 Å². The molecule has 0 saturated carbocycles. The number of imidazole rings is 1. The molecule has 4 nitrogen and oxygen atoms in total. The Morgan fingerprint density at radius 2 is 2.55 bits per heavy atom. The Bertz CT molecular complexity index is 258. The highest BCUT2D eigenvalue weighted by atomic mass is 32.1. The van der Waals surface area contributed by atoms with E-state index in [-0.39, 0.29) is 0 Å². The van der Waals surface area contributed by atoms with E-state index in [0.717, 1.165) is 0 Å². The van der Waals surface area contributed by atoms with Gasteiger partial charge in [-0.05, 0) is 0 Å². The molecule has 1 aromatic heterocycles. The van der Waals surface area contributed by atoms with Gasteiger partial charge in [0.1, 0.15) is 0 Å². The number of aromatic nitrogens is 2. The summed E-state index contributed by atoms with van der Waals surface area (Å²) in [6.45, 7) is 0.654. The zero-order chi connectivity index (χ0) is 8.27. The molecule has 5 heteroatoms. The van der Waals surface area contributed by atoms with E-state index >= 15 is 0 Å². The van der Waals surface area contributed by atoms with E-state index in [2.05, 4.69) is 17.6 Å². The first-order valence-electron chi connectivity index (χ1n) is 3.17. The first-order valence-corrected chi connectivity index (χ1v) is 3.80. The van der Waals surface area contributed by atoms with Gasteiger partial charge in [0.2, 0.25) is 0 Å². The number of hydrogen-bond acceptors (Lipinski definition) is 3. The van der Waals surface area contributed by atoms with E-state index in [4.69, 9.17) is 5.73 Å². The van der Waals surface area contributed by atoms with Crippen molar-refractivity contribution in [3.8, 4) is 0 Å². The fourth-order valence-electron chi connectivity index (χ4n) is 0.822. The predicted molar refractivity (Wildman–Crippen MR) is 44.6 cm³/mol. The molecule has 0 unspecified atom stereocenters. The van der Waals surface area contributed by atoms with Crippen LogP contribution >= 0.6 is 12.6 Å². The van der Waals surface area contributed by atoms with Gasteiger partial charge in [0.05, 0.1) is 0 Å². The smallest absolute Gasteiger partial charge is 0.284 e. The molecule has 0 atom stereocenters. The van der Waals surface area contributed by atoms with Crippen molar-refractivity contribution in [1.82, 2.24) is 9.55 Å². The summed E-state index contributed by atoms with van der Waals surface area (Å²) in [5.74, 6) is 0.451. The van der Waals surface area contributed by atoms with Crippen LogP contribution in [0.4, 0.5) is 0 Å². The maximum atomic E-state index is 10.7. The van der Waals surface area contributed by atoms with Gasteiger partial charge in [-0.15, -0.1) is 0 Å². The average molecular weight is 171 g/mol. The van der Waals surface area contributed by atoms with E-state index < -0.39 is 5.91 Å². The molecule has 0 aliphatic rings. The molecular weight excluding hydrogens is 162 g/mol. The summed E-state index contributed by atoms with van der Waals surface area (Å²) in [4.78, 5) is 14.5. The van der Waals surface area contributed by atoms with Gasteiger partial charge in [-0.25, -0.2) is 4.98 Å². The Balaban J connectivity index is 2.87. The number of nitrogens with zero attached hydrogens (tertiary/aromatic N) is 2. The number of nitrogens with two attached hydrogens (primary N) is 1. The monoisotopic (exact) mass is 171 g/mol. The van der Waals surface area contributed by atoms with Crippen molar-refractivity contribution in [1.29, 1.82) is 0 Å². The van der Waals surface area contributed by atoms with Crippen LogP contribution < -0.4 is 5.73 Å². The van der Waals surface area contributed by atoms with E-state index in [1.807, 2.05) is 0 Å². The first kappa shape index (κ1) is 8.13. The molecule has 0 spiro atoms. The maximum absolute atomic E-state index is 10.7. The molecular formula is C6H9N3OS. The second-order valence-electron chi connectivity index (χ2n) is 2.03. The van der Waals surface area contributed by atoms with Crippen LogP contribution in [0.25, 0.3) is 0 Å². The molecule has 60 valence electrons. The minimum Gasteiger partial charge on any atom is -0.363 e. The minimum atomic E-state index is -0.503. The van der Waals surface area contributed by atoms with Crippen LogP contribution in [0, 0.1) is 0 Å². The molecule has 0 aromatic carbocycles. The molecule has 1 rings (SSSR count). The highest BCUT2D eigenvalue weighted by molar-refractivity contribution is 7.80. The average Bonchev–Trinajstić information content (AvgIpc) is 2.36. The largest absolute Gasteiger partial charge is 0.363 e. The zero-order valence-electron chi connectivity index (χ0n) is 5.90. The summed E-state index contributed by atoms with van der Waals surface area (Å²) < 4.78 is 1.68. The highest BCUT2D eigenvalue weighted by Gasteiger charge is 2.06. The van der Waals surface area contributed by atoms with Crippen LogP contribution in [0.5, 0.6) is 0 Å². The Morgan fingerprint density at radius 1 is 1.82 bits per heavy atom. The first-order chi connectivity index (χ1) is 5.25. The number of rotatable bonds is 3. The fraction of sp³-hybridized carbons (Fsp3) is 0.333. The van der Waals surface area contributed by atoms with Gasteiger partial charge in [-0.3, -0.25) is 4.79 Å². The molecule has 0 saturated heterocycles. The molecule has 1 heterocycles. The Labute approximate surface area is 69.8 Å². The topological polar surface area (TPSA) is 60.9 Å². The van der Waals surface area contributed by atoms with E-state index in [9.17, 15) is 4.79 Å². The normalized spacial score (nSPS) is 9.91. The van der Waals surface area contributed by atoms with Crippen molar-refractivity contribution in [2.24, 2.45) is 5.73 Å². The number of primary amides is 1. The molecule has 11 heavy (non-hydrogen) atoms. The lowest BCUT2D eigenvalue weighted by Gasteiger charge is -2.00. The van der Waals surface area contributed by atoms with Gasteiger partial charge in [0.15, 0.2) is 5.82 Å². The lowest BCUT2D eigenvalue weighted by molar-refractivity contribution is 0.0986. The Kier molecular flexibility index (Phi) is 2.53. The predicted octanol–water partition coefficient (Wildman–Crippen LogP) is -0.0882. The standard InChI is InChI=1S/C6H9N3OS/c7-5(10)6-8-1-2-9(6)3-4-11/h1-2,11H,3-4H2,(H2,7,10). The van der Waals surface area contributed by atoms with Gasteiger partial charge in [0.25, 0.3) is 5.91 Å². The van der Waals surface area contributed by atoms with Gasteiger partial charge in [-0.2, -0.15) is 12.6 Å². The molecule has 2 N–H and O–H groups in total. The zero-order valence-corrected chi connectivity index (χ0v) is 6.79. The van der Waals surface area contributed by atoms with Crippen LogP contribution in [0.3, 0.4) is 0 Å². The van der Waals surface area contributed by atoms with E-state index in [1.165, 1.54) is 0 Å². The number of aryl methyl sites for hydroxylation is 1. The number of amides is 1. The number of hydrogen-bond donors (Lipinski definition) is 2. The molecule has 0 bridgehead atoms. The molecule has 1 amide bonds. The van der Waals surface area contributed by atoms with Crippen molar-refractivity contribution in [3.63, 3.8) is 0 Å². The van der Waals surface area contributed by atoms with Gasteiger partial charge in [0, 0.05) is 24.7 Å². The SMILES string of the molecule is NC(=O)c1nccn1CCS. The lowest BCUT2D eigenvalue weighted by atomic mass is 10.5. The summed E-state index contributed by atoms with van der Waals surface area (Å²) in [5.41, 5.74) is 5.04. The third kappa shape index (κ3) is 1.74. The van der Waals surface area contributed by atoms with Crippen molar-refractivity contribution < 1.29 is 4.79 Å². The second-order valence-corrected chi connectivity index (χ2v) is 2.48. The Hall–Kier alpha value is -0.970.